The molecular weight excluding hydrogens is 549 g/mol. The Hall–Kier alpha value is -4.08. The minimum atomic E-state index is -1.05. The zero-order valence-corrected chi connectivity index (χ0v) is 24.7. The maximum atomic E-state index is 15.6. The molecule has 0 bridgehead atoms. The van der Waals surface area contributed by atoms with Crippen molar-refractivity contribution in [1.29, 1.82) is 0 Å². The largest absolute Gasteiger partial charge is 0.497 e. The molecule has 0 unspecified atom stereocenters. The molecule has 1 aliphatic heterocycles. The molecule has 1 saturated heterocycles. The van der Waals surface area contributed by atoms with Gasteiger partial charge in [-0.15, -0.1) is 0 Å². The highest BCUT2D eigenvalue weighted by atomic mass is 19.1. The van der Waals surface area contributed by atoms with Gasteiger partial charge in [-0.3, -0.25) is 14.4 Å². The molecule has 0 aromatic heterocycles. The molecule has 2 aliphatic rings. The monoisotopic (exact) mass is 587 g/mol. The maximum absolute atomic E-state index is 15.6. The number of anilines is 1. The fourth-order valence-corrected chi connectivity index (χ4v) is 6.03. The van der Waals surface area contributed by atoms with Gasteiger partial charge in [-0.1, -0.05) is 50.2 Å². The van der Waals surface area contributed by atoms with Crippen molar-refractivity contribution in [2.45, 2.75) is 57.7 Å². The number of methoxy groups -OCH3 is 1. The second-order valence-corrected chi connectivity index (χ2v) is 12.0. The fourth-order valence-electron chi connectivity index (χ4n) is 6.03. The van der Waals surface area contributed by atoms with Gasteiger partial charge in [0.15, 0.2) is 11.6 Å². The van der Waals surface area contributed by atoms with E-state index in [9.17, 15) is 19.5 Å². The van der Waals surface area contributed by atoms with Crippen LogP contribution in [0.4, 0.5) is 10.1 Å². The Morgan fingerprint density at radius 2 is 1.88 bits per heavy atom. The predicted octanol–water partition coefficient (Wildman–Crippen LogP) is 4.61. The molecule has 3 aromatic rings. The molecule has 2 amide bonds. The maximum Gasteiger partial charge on any atom is 0.254 e. The highest BCUT2D eigenvalue weighted by Crippen LogP contribution is 2.42. The standard InChI is InChI=1S/C34H38FN3O5/c1-34(2)19-27(25-18-22(43-3)14-15-23(25)32(34)41)36-20-29(39)26(17-21-9-5-4-6-10-21)37-33(42)24-11-7-12-28(31(24)35)38-16-8-13-30(38)40/h4-7,9-12,14-15,18,26-27,29,36,39H,8,13,16-17,19-20H2,1-3H3,(H,37,42)/t26-,27-,29-/m0/s1. The van der Waals surface area contributed by atoms with E-state index in [-0.39, 0.29) is 35.5 Å². The first kappa shape index (κ1) is 30.4. The summed E-state index contributed by atoms with van der Waals surface area (Å²) in [7, 11) is 1.57. The molecule has 0 spiro atoms. The number of aliphatic hydroxyl groups is 1. The van der Waals surface area contributed by atoms with Gasteiger partial charge in [0, 0.05) is 36.5 Å². The average molecular weight is 588 g/mol. The Morgan fingerprint density at radius 3 is 2.58 bits per heavy atom. The summed E-state index contributed by atoms with van der Waals surface area (Å²) in [4.78, 5) is 40.2. The van der Waals surface area contributed by atoms with E-state index in [2.05, 4.69) is 10.6 Å². The topological polar surface area (TPSA) is 108 Å². The van der Waals surface area contributed by atoms with Gasteiger partial charge in [0.2, 0.25) is 5.91 Å². The van der Waals surface area contributed by atoms with E-state index in [4.69, 9.17) is 4.74 Å². The van der Waals surface area contributed by atoms with Crippen molar-refractivity contribution < 1.29 is 28.6 Å². The molecule has 1 heterocycles. The van der Waals surface area contributed by atoms with Crippen LogP contribution in [0, 0.1) is 11.2 Å². The van der Waals surface area contributed by atoms with Gasteiger partial charge in [0.25, 0.3) is 5.91 Å². The molecule has 3 aromatic carbocycles. The van der Waals surface area contributed by atoms with Gasteiger partial charge < -0.3 is 25.4 Å². The third-order valence-corrected chi connectivity index (χ3v) is 8.45. The van der Waals surface area contributed by atoms with E-state index in [1.807, 2.05) is 50.2 Å². The number of halogens is 1. The molecule has 43 heavy (non-hydrogen) atoms. The van der Waals surface area contributed by atoms with Crippen molar-refractivity contribution >= 4 is 23.3 Å². The third kappa shape index (κ3) is 6.48. The summed E-state index contributed by atoms with van der Waals surface area (Å²) in [6.45, 7) is 4.32. The van der Waals surface area contributed by atoms with Gasteiger partial charge in [0.1, 0.15) is 5.75 Å². The van der Waals surface area contributed by atoms with Gasteiger partial charge in [-0.05, 0) is 60.7 Å². The first-order valence-corrected chi connectivity index (χ1v) is 14.7. The number of rotatable bonds is 10. The molecule has 9 heteroatoms. The first-order valence-electron chi connectivity index (χ1n) is 14.7. The number of carbonyl (C=O) groups is 3. The Morgan fingerprint density at radius 1 is 1.12 bits per heavy atom. The lowest BCUT2D eigenvalue weighted by Crippen LogP contribution is -2.50. The van der Waals surface area contributed by atoms with E-state index in [0.717, 1.165) is 11.1 Å². The minimum absolute atomic E-state index is 0.0536. The van der Waals surface area contributed by atoms with Gasteiger partial charge in [0.05, 0.1) is 30.5 Å². The van der Waals surface area contributed by atoms with Crippen molar-refractivity contribution in [3.8, 4) is 5.75 Å². The average Bonchev–Trinajstić information content (AvgIpc) is 3.43. The third-order valence-electron chi connectivity index (χ3n) is 8.45. The lowest BCUT2D eigenvalue weighted by atomic mass is 9.71. The zero-order valence-electron chi connectivity index (χ0n) is 24.7. The number of fused-ring (bicyclic) bond motifs is 1. The van der Waals surface area contributed by atoms with E-state index in [1.165, 1.54) is 17.0 Å². The molecule has 3 N–H and O–H groups in total. The molecule has 0 radical (unpaired) electrons. The van der Waals surface area contributed by atoms with Crippen LogP contribution in [0.15, 0.2) is 66.7 Å². The number of hydrogen-bond donors (Lipinski definition) is 3. The zero-order chi connectivity index (χ0) is 30.7. The van der Waals surface area contributed by atoms with Crippen molar-refractivity contribution in [2.24, 2.45) is 5.41 Å². The molecule has 226 valence electrons. The lowest BCUT2D eigenvalue weighted by molar-refractivity contribution is -0.117. The summed E-state index contributed by atoms with van der Waals surface area (Å²) < 4.78 is 21.0. The first-order chi connectivity index (χ1) is 20.6. The number of ketones is 1. The Kier molecular flexibility index (Phi) is 8.94. The molecule has 8 nitrogen and oxygen atoms in total. The van der Waals surface area contributed by atoms with Crippen LogP contribution in [0.5, 0.6) is 5.75 Å². The number of Topliss-reactive ketones (excluding diaryl/α,β-unsaturated/α-hetero) is 1. The normalized spacial score (nSPS) is 19.1. The molecule has 1 aliphatic carbocycles. The number of nitrogens with zero attached hydrogens (tertiary/aromatic N) is 1. The summed E-state index contributed by atoms with van der Waals surface area (Å²) in [6.07, 6.45) is 0.751. The Labute approximate surface area is 251 Å². The number of ether oxygens (including phenoxy) is 1. The minimum Gasteiger partial charge on any atom is -0.497 e. The van der Waals surface area contributed by atoms with Crippen LogP contribution in [0.25, 0.3) is 0 Å². The fraction of sp³-hybridized carbons (Fsp3) is 0.382. The molecular formula is C34H38FN3O5. The Balaban J connectivity index is 1.37. The van der Waals surface area contributed by atoms with Gasteiger partial charge in [-0.25, -0.2) is 4.39 Å². The number of aliphatic hydroxyl groups excluding tert-OH is 1. The predicted molar refractivity (Wildman–Crippen MR) is 162 cm³/mol. The summed E-state index contributed by atoms with van der Waals surface area (Å²) in [5.74, 6) is -0.927. The van der Waals surface area contributed by atoms with Crippen molar-refractivity contribution in [1.82, 2.24) is 10.6 Å². The van der Waals surface area contributed by atoms with Crippen LogP contribution < -0.4 is 20.3 Å². The summed E-state index contributed by atoms with van der Waals surface area (Å²) in [5, 5.41) is 17.7. The van der Waals surface area contributed by atoms with Crippen molar-refractivity contribution in [2.75, 3.05) is 25.1 Å². The van der Waals surface area contributed by atoms with Gasteiger partial charge >= 0.3 is 0 Å². The molecule has 1 fully saturated rings. The quantitative estimate of drug-likeness (QED) is 0.320. The number of nitrogens with one attached hydrogen (secondary N) is 2. The summed E-state index contributed by atoms with van der Waals surface area (Å²) >= 11 is 0. The van der Waals surface area contributed by atoms with E-state index >= 15 is 4.39 Å². The smallest absolute Gasteiger partial charge is 0.254 e. The molecule has 3 atom stereocenters. The van der Waals surface area contributed by atoms with Crippen LogP contribution >= 0.6 is 0 Å². The van der Waals surface area contributed by atoms with Crippen LogP contribution in [0.3, 0.4) is 0 Å². The van der Waals surface area contributed by atoms with Crippen LogP contribution in [-0.4, -0.2) is 55.0 Å². The highest BCUT2D eigenvalue weighted by molar-refractivity contribution is 6.03. The summed E-state index contributed by atoms with van der Waals surface area (Å²) in [5.41, 5.74) is 1.59. The number of benzene rings is 3. The van der Waals surface area contributed by atoms with Crippen LogP contribution in [0.2, 0.25) is 0 Å². The summed E-state index contributed by atoms with van der Waals surface area (Å²) in [6, 6.07) is 18.3. The van der Waals surface area contributed by atoms with Gasteiger partial charge in [-0.2, -0.15) is 0 Å². The second-order valence-electron chi connectivity index (χ2n) is 12.0. The van der Waals surface area contributed by atoms with Crippen molar-refractivity contribution in [3.05, 3.63) is 94.8 Å². The molecule has 0 saturated carbocycles. The number of amides is 2. The highest BCUT2D eigenvalue weighted by Gasteiger charge is 2.40. The van der Waals surface area contributed by atoms with Crippen molar-refractivity contribution in [3.63, 3.8) is 0 Å². The lowest BCUT2D eigenvalue weighted by Gasteiger charge is -2.37. The molecule has 5 rings (SSSR count). The van der Waals surface area contributed by atoms with Crippen LogP contribution in [0.1, 0.15) is 71.0 Å². The second kappa shape index (κ2) is 12.7. The number of hydrogen-bond acceptors (Lipinski definition) is 6. The van der Waals surface area contributed by atoms with E-state index in [0.29, 0.717) is 43.5 Å². The van der Waals surface area contributed by atoms with Crippen LogP contribution in [-0.2, 0) is 11.2 Å². The van der Waals surface area contributed by atoms with E-state index in [1.54, 1.807) is 25.3 Å². The Bertz CT molecular complexity index is 1510. The van der Waals surface area contributed by atoms with E-state index < -0.39 is 29.3 Å². The number of carbonyl (C=O) groups excluding carboxylic acids is 3. The SMILES string of the molecule is COc1ccc2c(c1)[C@@H](NC[C@H](O)[C@H](Cc1ccccc1)NC(=O)c1cccc(N3CCCC3=O)c1F)CC(C)(C)C2=O.